The number of aryl methyl sites for hydroxylation is 1. The van der Waals surface area contributed by atoms with Gasteiger partial charge in [-0.1, -0.05) is 18.6 Å². The molecule has 1 unspecified atom stereocenters. The minimum atomic E-state index is 0.476. The maximum absolute atomic E-state index is 3.61. The van der Waals surface area contributed by atoms with Crippen LogP contribution in [0.3, 0.4) is 0 Å². The molecule has 0 radical (unpaired) electrons. The molecule has 1 aliphatic carbocycles. The highest BCUT2D eigenvalue weighted by molar-refractivity contribution is 7.08. The summed E-state index contributed by atoms with van der Waals surface area (Å²) in [4.78, 5) is 0. The van der Waals surface area contributed by atoms with Crippen LogP contribution in [-0.4, -0.2) is 6.54 Å². The van der Waals surface area contributed by atoms with Crippen LogP contribution in [0, 0.1) is 6.92 Å². The number of hydrogen-bond donors (Lipinski definition) is 1. The lowest BCUT2D eigenvalue weighted by molar-refractivity contribution is 0.604. The number of allylic oxidation sites excluding steroid dienone is 1. The van der Waals surface area contributed by atoms with E-state index in [1.54, 1.807) is 5.57 Å². The highest BCUT2D eigenvalue weighted by atomic mass is 32.1. The van der Waals surface area contributed by atoms with E-state index < -0.39 is 0 Å². The van der Waals surface area contributed by atoms with Gasteiger partial charge in [0.2, 0.25) is 0 Å². The third-order valence-corrected chi connectivity index (χ3v) is 3.94. The van der Waals surface area contributed by atoms with E-state index in [0.29, 0.717) is 6.04 Å². The van der Waals surface area contributed by atoms with Crippen molar-refractivity contribution >= 4 is 11.3 Å². The first-order valence-electron chi connectivity index (χ1n) is 5.78. The molecule has 15 heavy (non-hydrogen) atoms. The van der Waals surface area contributed by atoms with Gasteiger partial charge in [0, 0.05) is 0 Å². The van der Waals surface area contributed by atoms with Crippen LogP contribution in [0.2, 0.25) is 0 Å². The summed E-state index contributed by atoms with van der Waals surface area (Å²) in [6.45, 7) is 5.44. The summed E-state index contributed by atoms with van der Waals surface area (Å²) in [7, 11) is 0. The second-order valence-corrected chi connectivity index (χ2v) is 4.92. The van der Waals surface area contributed by atoms with Gasteiger partial charge in [-0.3, -0.25) is 0 Å². The summed E-state index contributed by atoms with van der Waals surface area (Å²) >= 11 is 1.81. The maximum Gasteiger partial charge on any atom is 0.0546 e. The fourth-order valence-electron chi connectivity index (χ4n) is 2.27. The summed E-state index contributed by atoms with van der Waals surface area (Å²) in [6, 6.07) is 0.476. The van der Waals surface area contributed by atoms with E-state index >= 15 is 0 Å². The number of thiophene rings is 1. The lowest BCUT2D eigenvalue weighted by atomic mass is 9.98. The fraction of sp³-hybridized carbons (Fsp3) is 0.538. The van der Waals surface area contributed by atoms with E-state index in [1.165, 1.54) is 30.4 Å². The van der Waals surface area contributed by atoms with E-state index in [4.69, 9.17) is 0 Å². The van der Waals surface area contributed by atoms with Crippen LogP contribution >= 0.6 is 11.3 Å². The second kappa shape index (κ2) is 4.95. The van der Waals surface area contributed by atoms with Crippen molar-refractivity contribution in [2.45, 2.75) is 39.2 Å². The Balaban J connectivity index is 2.23. The van der Waals surface area contributed by atoms with E-state index in [9.17, 15) is 0 Å². The highest BCUT2D eigenvalue weighted by Crippen LogP contribution is 2.33. The Labute approximate surface area is 96.2 Å². The van der Waals surface area contributed by atoms with Gasteiger partial charge in [0.05, 0.1) is 6.04 Å². The maximum atomic E-state index is 3.61. The predicted molar refractivity (Wildman–Crippen MR) is 67.4 cm³/mol. The molecule has 1 aromatic rings. The van der Waals surface area contributed by atoms with Gasteiger partial charge in [0.15, 0.2) is 0 Å². The summed E-state index contributed by atoms with van der Waals surface area (Å²) in [5, 5.41) is 8.14. The van der Waals surface area contributed by atoms with Crippen LogP contribution in [0.15, 0.2) is 22.4 Å². The molecule has 1 aromatic heterocycles. The lowest BCUT2D eigenvalue weighted by Gasteiger charge is -2.19. The van der Waals surface area contributed by atoms with Gasteiger partial charge >= 0.3 is 0 Å². The van der Waals surface area contributed by atoms with Crippen molar-refractivity contribution in [1.29, 1.82) is 0 Å². The zero-order valence-corrected chi connectivity index (χ0v) is 10.4. The van der Waals surface area contributed by atoms with Gasteiger partial charge in [0.25, 0.3) is 0 Å². The first kappa shape index (κ1) is 10.9. The third kappa shape index (κ3) is 2.32. The molecule has 0 saturated heterocycles. The number of rotatable bonds is 4. The molecule has 1 N–H and O–H groups in total. The normalized spacial score (nSPS) is 17.9. The third-order valence-electron chi connectivity index (χ3n) is 3.06. The number of hydrogen-bond acceptors (Lipinski definition) is 2. The van der Waals surface area contributed by atoms with Crippen molar-refractivity contribution in [3.05, 3.63) is 33.5 Å². The van der Waals surface area contributed by atoms with Gasteiger partial charge in [-0.05, 0) is 54.6 Å². The van der Waals surface area contributed by atoms with Gasteiger partial charge in [-0.25, -0.2) is 0 Å². The van der Waals surface area contributed by atoms with Gasteiger partial charge in [-0.2, -0.15) is 11.3 Å². The zero-order valence-electron chi connectivity index (χ0n) is 9.55. The van der Waals surface area contributed by atoms with Crippen LogP contribution in [0.5, 0.6) is 0 Å². The molecule has 1 nitrogen and oxygen atoms in total. The Morgan fingerprint density at radius 1 is 1.47 bits per heavy atom. The van der Waals surface area contributed by atoms with Crippen LogP contribution < -0.4 is 5.32 Å². The Hall–Kier alpha value is -0.600. The molecule has 0 saturated carbocycles. The van der Waals surface area contributed by atoms with Crippen LogP contribution in [0.1, 0.15) is 43.4 Å². The average molecular weight is 221 g/mol. The molecule has 0 bridgehead atoms. The summed E-state index contributed by atoms with van der Waals surface area (Å²) in [5.74, 6) is 0. The Kier molecular flexibility index (Phi) is 3.60. The Morgan fingerprint density at radius 3 is 2.87 bits per heavy atom. The smallest absolute Gasteiger partial charge is 0.0546 e. The van der Waals surface area contributed by atoms with Crippen LogP contribution in [0.4, 0.5) is 0 Å². The number of likely N-dealkylation sites (N-methyl/N-ethyl adjacent to an activating group) is 1. The summed E-state index contributed by atoms with van der Waals surface area (Å²) in [5.41, 5.74) is 4.51. The van der Waals surface area contributed by atoms with Crippen LogP contribution in [-0.2, 0) is 0 Å². The molecule has 0 amide bonds. The SMILES string of the molecule is CCNC(C1=CCCC1)c1cscc1C. The zero-order chi connectivity index (χ0) is 10.7. The fourth-order valence-corrected chi connectivity index (χ4v) is 3.15. The van der Waals surface area contributed by atoms with Crippen molar-refractivity contribution < 1.29 is 0 Å². The van der Waals surface area contributed by atoms with Gasteiger partial charge in [0.1, 0.15) is 0 Å². The molecule has 1 aliphatic rings. The average Bonchev–Trinajstić information content (AvgIpc) is 2.85. The molecule has 1 heterocycles. The Morgan fingerprint density at radius 2 is 2.33 bits per heavy atom. The largest absolute Gasteiger partial charge is 0.307 e. The van der Waals surface area contributed by atoms with Gasteiger partial charge in [-0.15, -0.1) is 0 Å². The van der Waals surface area contributed by atoms with Crippen molar-refractivity contribution in [3.63, 3.8) is 0 Å². The molecule has 0 aromatic carbocycles. The molecular weight excluding hydrogens is 202 g/mol. The minimum Gasteiger partial charge on any atom is -0.307 e. The molecule has 82 valence electrons. The lowest BCUT2D eigenvalue weighted by Crippen LogP contribution is -2.22. The molecule has 0 fully saturated rings. The van der Waals surface area contributed by atoms with E-state index in [0.717, 1.165) is 6.54 Å². The van der Waals surface area contributed by atoms with Crippen molar-refractivity contribution in [2.24, 2.45) is 0 Å². The standard InChI is InChI=1S/C13H19NS/c1-3-14-13(11-6-4-5-7-11)12-9-15-8-10(12)2/h6,8-9,13-14H,3-5,7H2,1-2H3. The molecule has 1 atom stereocenters. The Bertz CT molecular complexity index is 351. The quantitative estimate of drug-likeness (QED) is 0.762. The second-order valence-electron chi connectivity index (χ2n) is 4.17. The van der Waals surface area contributed by atoms with Crippen molar-refractivity contribution in [2.75, 3.05) is 6.54 Å². The van der Waals surface area contributed by atoms with Crippen molar-refractivity contribution in [1.82, 2.24) is 5.32 Å². The minimum absolute atomic E-state index is 0.476. The van der Waals surface area contributed by atoms with E-state index in [-0.39, 0.29) is 0 Å². The van der Waals surface area contributed by atoms with E-state index in [2.05, 4.69) is 36.0 Å². The first-order chi connectivity index (χ1) is 7.33. The van der Waals surface area contributed by atoms with E-state index in [1.807, 2.05) is 11.3 Å². The molecule has 2 heteroatoms. The topological polar surface area (TPSA) is 12.0 Å². The summed E-state index contributed by atoms with van der Waals surface area (Å²) in [6.07, 6.45) is 6.29. The number of nitrogens with one attached hydrogen (secondary N) is 1. The van der Waals surface area contributed by atoms with Gasteiger partial charge < -0.3 is 5.32 Å². The summed E-state index contributed by atoms with van der Waals surface area (Å²) < 4.78 is 0. The first-order valence-corrected chi connectivity index (χ1v) is 6.72. The molecule has 0 spiro atoms. The predicted octanol–water partition coefficient (Wildman–Crippen LogP) is 3.82. The molecular formula is C13H19NS. The molecule has 0 aliphatic heterocycles. The monoisotopic (exact) mass is 221 g/mol. The van der Waals surface area contributed by atoms with Crippen molar-refractivity contribution in [3.8, 4) is 0 Å². The highest BCUT2D eigenvalue weighted by Gasteiger charge is 2.19. The molecule has 2 rings (SSSR count). The van der Waals surface area contributed by atoms with Crippen LogP contribution in [0.25, 0.3) is 0 Å².